The van der Waals surface area contributed by atoms with Gasteiger partial charge in [0.05, 0.1) is 24.3 Å². The first-order valence-electron chi connectivity index (χ1n) is 4.95. The second-order valence-electron chi connectivity index (χ2n) is 3.43. The third kappa shape index (κ3) is 2.28. The first-order chi connectivity index (χ1) is 8.03. The van der Waals surface area contributed by atoms with E-state index < -0.39 is 10.0 Å². The van der Waals surface area contributed by atoms with Crippen molar-refractivity contribution in [3.63, 3.8) is 0 Å². The van der Waals surface area contributed by atoms with E-state index in [1.807, 2.05) is 0 Å². The highest BCUT2D eigenvalue weighted by molar-refractivity contribution is 7.89. The predicted octanol–water partition coefficient (Wildman–Crippen LogP) is 0.849. The van der Waals surface area contributed by atoms with E-state index in [2.05, 4.69) is 10.1 Å². The van der Waals surface area contributed by atoms with Crippen LogP contribution in [-0.2, 0) is 10.0 Å². The lowest BCUT2D eigenvalue weighted by molar-refractivity contribution is 0.473. The Labute approximate surface area is 98.6 Å². The van der Waals surface area contributed by atoms with Crippen LogP contribution in [0.25, 0.3) is 11.1 Å². The van der Waals surface area contributed by atoms with Crippen LogP contribution in [0.4, 0.5) is 0 Å². The maximum atomic E-state index is 11.5. The molecule has 0 saturated carbocycles. The molecule has 0 spiro atoms. The molecule has 2 aromatic heterocycles. The molecule has 17 heavy (non-hydrogen) atoms. The van der Waals surface area contributed by atoms with Gasteiger partial charge in [-0.2, -0.15) is 9.19 Å². The van der Waals surface area contributed by atoms with Crippen LogP contribution in [0.2, 0.25) is 0 Å². The molecular weight excluding hydrogens is 242 g/mol. The summed E-state index contributed by atoms with van der Waals surface area (Å²) in [4.78, 5) is 3.82. The Morgan fingerprint density at radius 1 is 1.29 bits per heavy atom. The summed E-state index contributed by atoms with van der Waals surface area (Å²) in [6, 6.07) is 1.49. The second kappa shape index (κ2) is 4.17. The maximum Gasteiger partial charge on any atom is 0.253 e. The lowest BCUT2D eigenvalue weighted by Crippen LogP contribution is -2.14. The molecule has 0 amide bonds. The zero-order chi connectivity index (χ0) is 12.5. The first-order valence-corrected chi connectivity index (χ1v) is 6.56. The average Bonchev–Trinajstić information content (AvgIpc) is 2.79. The first kappa shape index (κ1) is 11.6. The van der Waals surface area contributed by atoms with E-state index in [1.54, 1.807) is 6.92 Å². The molecule has 2 heterocycles. The van der Waals surface area contributed by atoms with Crippen molar-refractivity contribution in [1.29, 1.82) is 0 Å². The van der Waals surface area contributed by atoms with Gasteiger partial charge in [-0.3, -0.25) is 4.98 Å². The van der Waals surface area contributed by atoms with Crippen LogP contribution in [0.1, 0.15) is 6.92 Å². The standard InChI is InChI=1S/C10H11N3O3S/c1-2-17(15,16)13-7-9(5-12-13)8-3-10(14)6-11-4-8/h3-7,14H,2H2,1H3. The molecule has 2 rings (SSSR count). The third-order valence-corrected chi connectivity index (χ3v) is 3.77. The van der Waals surface area contributed by atoms with Crippen LogP contribution < -0.4 is 0 Å². The van der Waals surface area contributed by atoms with Gasteiger partial charge in [0.2, 0.25) is 0 Å². The van der Waals surface area contributed by atoms with Crippen LogP contribution in [0.3, 0.4) is 0 Å². The summed E-state index contributed by atoms with van der Waals surface area (Å²) >= 11 is 0. The van der Waals surface area contributed by atoms with Crippen LogP contribution >= 0.6 is 0 Å². The quantitative estimate of drug-likeness (QED) is 0.876. The van der Waals surface area contributed by atoms with Gasteiger partial charge in [-0.15, -0.1) is 0 Å². The number of hydrogen-bond donors (Lipinski definition) is 1. The molecule has 0 atom stereocenters. The van der Waals surface area contributed by atoms with Crippen LogP contribution in [0.15, 0.2) is 30.9 Å². The van der Waals surface area contributed by atoms with Crippen molar-refractivity contribution in [3.05, 3.63) is 30.9 Å². The summed E-state index contributed by atoms with van der Waals surface area (Å²) in [5.74, 6) is 0.000432. The summed E-state index contributed by atoms with van der Waals surface area (Å²) in [7, 11) is -3.37. The Bertz CT molecular complexity index is 634. The molecule has 0 radical (unpaired) electrons. The molecule has 0 aliphatic rings. The van der Waals surface area contributed by atoms with E-state index >= 15 is 0 Å². The lowest BCUT2D eigenvalue weighted by atomic mass is 10.2. The Hall–Kier alpha value is -1.89. The highest BCUT2D eigenvalue weighted by Crippen LogP contribution is 2.21. The van der Waals surface area contributed by atoms with Crippen molar-refractivity contribution < 1.29 is 13.5 Å². The van der Waals surface area contributed by atoms with Gasteiger partial charge >= 0.3 is 0 Å². The number of aromatic hydroxyl groups is 1. The van der Waals surface area contributed by atoms with Gasteiger partial charge in [-0.1, -0.05) is 0 Å². The van der Waals surface area contributed by atoms with E-state index in [4.69, 9.17) is 0 Å². The number of aromatic nitrogens is 3. The Morgan fingerprint density at radius 2 is 2.06 bits per heavy atom. The number of nitrogens with zero attached hydrogens (tertiary/aromatic N) is 3. The summed E-state index contributed by atoms with van der Waals surface area (Å²) in [5, 5.41) is 13.1. The molecule has 0 unspecified atom stereocenters. The highest BCUT2D eigenvalue weighted by atomic mass is 32.2. The van der Waals surface area contributed by atoms with Gasteiger partial charge in [-0.05, 0) is 13.0 Å². The maximum absolute atomic E-state index is 11.5. The summed E-state index contributed by atoms with van der Waals surface area (Å²) in [5.41, 5.74) is 1.20. The minimum absolute atomic E-state index is 0.0214. The van der Waals surface area contributed by atoms with Gasteiger partial charge in [0.1, 0.15) is 5.75 Å². The Morgan fingerprint density at radius 3 is 2.71 bits per heavy atom. The Balaban J connectivity index is 2.43. The summed E-state index contributed by atoms with van der Waals surface area (Å²) < 4.78 is 24.0. The molecule has 0 aromatic carbocycles. The summed E-state index contributed by atoms with van der Waals surface area (Å²) in [6.07, 6.45) is 5.65. The minimum Gasteiger partial charge on any atom is -0.506 e. The van der Waals surface area contributed by atoms with E-state index in [9.17, 15) is 13.5 Å². The molecule has 6 nitrogen and oxygen atoms in total. The van der Waals surface area contributed by atoms with Gasteiger partial charge in [0.15, 0.2) is 0 Å². The molecular formula is C10H11N3O3S. The van der Waals surface area contributed by atoms with E-state index in [-0.39, 0.29) is 11.5 Å². The fourth-order valence-corrected chi connectivity index (χ4v) is 2.05. The average molecular weight is 253 g/mol. The van der Waals surface area contributed by atoms with Crippen molar-refractivity contribution in [2.24, 2.45) is 0 Å². The molecule has 0 bridgehead atoms. The van der Waals surface area contributed by atoms with E-state index in [0.717, 1.165) is 4.09 Å². The predicted molar refractivity (Wildman–Crippen MR) is 62.0 cm³/mol. The molecule has 2 aromatic rings. The van der Waals surface area contributed by atoms with Crippen LogP contribution in [-0.4, -0.2) is 33.4 Å². The minimum atomic E-state index is -3.37. The molecule has 0 aliphatic carbocycles. The van der Waals surface area contributed by atoms with Gasteiger partial charge in [0.25, 0.3) is 10.0 Å². The zero-order valence-corrected chi connectivity index (χ0v) is 9.92. The molecule has 1 N–H and O–H groups in total. The van der Waals surface area contributed by atoms with Crippen LogP contribution in [0.5, 0.6) is 5.75 Å². The second-order valence-corrected chi connectivity index (χ2v) is 5.55. The van der Waals surface area contributed by atoms with E-state index in [0.29, 0.717) is 11.1 Å². The number of pyridine rings is 1. The highest BCUT2D eigenvalue weighted by Gasteiger charge is 2.12. The SMILES string of the molecule is CCS(=O)(=O)n1cc(-c2cncc(O)c2)cn1. The monoisotopic (exact) mass is 253 g/mol. The smallest absolute Gasteiger partial charge is 0.253 e. The van der Waals surface area contributed by atoms with Gasteiger partial charge in [-0.25, -0.2) is 8.42 Å². The lowest BCUT2D eigenvalue weighted by Gasteiger charge is -1.99. The molecule has 7 heteroatoms. The fourth-order valence-electron chi connectivity index (χ4n) is 1.32. The molecule has 90 valence electrons. The van der Waals surface area contributed by atoms with Crippen molar-refractivity contribution in [3.8, 4) is 16.9 Å². The van der Waals surface area contributed by atoms with E-state index in [1.165, 1.54) is 30.9 Å². The van der Waals surface area contributed by atoms with Gasteiger partial charge < -0.3 is 5.11 Å². The largest absolute Gasteiger partial charge is 0.506 e. The zero-order valence-electron chi connectivity index (χ0n) is 9.11. The van der Waals surface area contributed by atoms with Crippen molar-refractivity contribution in [2.75, 3.05) is 5.75 Å². The van der Waals surface area contributed by atoms with Crippen LogP contribution in [0, 0.1) is 0 Å². The van der Waals surface area contributed by atoms with Gasteiger partial charge in [0, 0.05) is 17.3 Å². The topological polar surface area (TPSA) is 85.1 Å². The number of rotatable bonds is 3. The van der Waals surface area contributed by atoms with Crippen molar-refractivity contribution in [1.82, 2.24) is 14.2 Å². The fraction of sp³-hybridized carbons (Fsp3) is 0.200. The normalized spacial score (nSPS) is 11.6. The number of hydrogen-bond acceptors (Lipinski definition) is 5. The third-order valence-electron chi connectivity index (χ3n) is 2.27. The molecule has 0 aliphatic heterocycles. The molecule has 0 fully saturated rings. The molecule has 0 saturated heterocycles. The van der Waals surface area contributed by atoms with Crippen molar-refractivity contribution >= 4 is 10.0 Å². The summed E-state index contributed by atoms with van der Waals surface area (Å²) in [6.45, 7) is 1.55. The van der Waals surface area contributed by atoms with Crippen molar-refractivity contribution in [2.45, 2.75) is 6.92 Å². The Kier molecular flexibility index (Phi) is 2.84.